The van der Waals surface area contributed by atoms with E-state index in [-0.39, 0.29) is 12.2 Å². The SMILES string of the molecule is Cc1cc(F)cc(NC(CO)c2cccc(C(F)F)c2)c1. The fourth-order valence-electron chi connectivity index (χ4n) is 2.17. The van der Waals surface area contributed by atoms with Crippen LogP contribution in [0.1, 0.15) is 29.2 Å². The first-order chi connectivity index (χ1) is 9.99. The summed E-state index contributed by atoms with van der Waals surface area (Å²) in [5, 5.41) is 12.4. The van der Waals surface area contributed by atoms with Crippen LogP contribution < -0.4 is 5.32 Å². The molecule has 0 radical (unpaired) electrons. The fourth-order valence-corrected chi connectivity index (χ4v) is 2.17. The van der Waals surface area contributed by atoms with E-state index < -0.39 is 18.3 Å². The van der Waals surface area contributed by atoms with E-state index in [0.717, 1.165) is 5.56 Å². The van der Waals surface area contributed by atoms with Gasteiger partial charge in [-0.1, -0.05) is 18.2 Å². The van der Waals surface area contributed by atoms with Crippen molar-refractivity contribution in [1.82, 2.24) is 0 Å². The number of aliphatic hydroxyl groups is 1. The third kappa shape index (κ3) is 3.98. The van der Waals surface area contributed by atoms with Crippen LogP contribution in [-0.4, -0.2) is 11.7 Å². The molecular weight excluding hydrogens is 279 g/mol. The lowest BCUT2D eigenvalue weighted by molar-refractivity contribution is 0.151. The molecule has 0 aromatic heterocycles. The Labute approximate surface area is 121 Å². The van der Waals surface area contributed by atoms with Gasteiger partial charge in [-0.3, -0.25) is 0 Å². The van der Waals surface area contributed by atoms with E-state index in [1.807, 2.05) is 0 Å². The molecule has 0 saturated heterocycles. The second-order valence-electron chi connectivity index (χ2n) is 4.87. The topological polar surface area (TPSA) is 32.3 Å². The summed E-state index contributed by atoms with van der Waals surface area (Å²) in [6.45, 7) is 1.46. The highest BCUT2D eigenvalue weighted by Crippen LogP contribution is 2.25. The third-order valence-electron chi connectivity index (χ3n) is 3.13. The molecule has 21 heavy (non-hydrogen) atoms. The van der Waals surface area contributed by atoms with Crippen molar-refractivity contribution in [3.8, 4) is 0 Å². The van der Waals surface area contributed by atoms with Gasteiger partial charge in [-0.2, -0.15) is 0 Å². The minimum absolute atomic E-state index is 0.108. The number of rotatable bonds is 5. The number of benzene rings is 2. The van der Waals surface area contributed by atoms with E-state index in [9.17, 15) is 18.3 Å². The molecule has 0 aliphatic carbocycles. The molecule has 0 saturated carbocycles. The van der Waals surface area contributed by atoms with Crippen molar-refractivity contribution in [2.24, 2.45) is 0 Å². The molecule has 0 aliphatic rings. The van der Waals surface area contributed by atoms with E-state index in [2.05, 4.69) is 5.32 Å². The smallest absolute Gasteiger partial charge is 0.263 e. The number of nitrogens with one attached hydrogen (secondary N) is 1. The molecule has 0 heterocycles. The third-order valence-corrected chi connectivity index (χ3v) is 3.13. The fraction of sp³-hybridized carbons (Fsp3) is 0.250. The van der Waals surface area contributed by atoms with Gasteiger partial charge in [0, 0.05) is 11.3 Å². The van der Waals surface area contributed by atoms with Crippen molar-refractivity contribution in [2.45, 2.75) is 19.4 Å². The Morgan fingerprint density at radius 1 is 1.10 bits per heavy atom. The highest BCUT2D eigenvalue weighted by Gasteiger charge is 2.14. The zero-order valence-corrected chi connectivity index (χ0v) is 11.5. The molecular formula is C16H16F3NO. The second kappa shape index (κ2) is 6.63. The molecule has 0 spiro atoms. The van der Waals surface area contributed by atoms with Crippen molar-refractivity contribution in [2.75, 3.05) is 11.9 Å². The summed E-state index contributed by atoms with van der Waals surface area (Å²) in [6, 6.07) is 9.65. The van der Waals surface area contributed by atoms with E-state index in [0.29, 0.717) is 11.3 Å². The van der Waals surface area contributed by atoms with Gasteiger partial charge in [0.2, 0.25) is 0 Å². The molecule has 1 unspecified atom stereocenters. The average Bonchev–Trinajstić information content (AvgIpc) is 2.44. The minimum Gasteiger partial charge on any atom is -0.394 e. The zero-order valence-electron chi connectivity index (χ0n) is 11.5. The van der Waals surface area contributed by atoms with Crippen molar-refractivity contribution in [3.63, 3.8) is 0 Å². The summed E-state index contributed by atoms with van der Waals surface area (Å²) >= 11 is 0. The summed E-state index contributed by atoms with van der Waals surface area (Å²) in [4.78, 5) is 0. The largest absolute Gasteiger partial charge is 0.394 e. The lowest BCUT2D eigenvalue weighted by Gasteiger charge is -2.19. The highest BCUT2D eigenvalue weighted by atomic mass is 19.3. The Morgan fingerprint density at radius 3 is 2.43 bits per heavy atom. The molecule has 5 heteroatoms. The van der Waals surface area contributed by atoms with Gasteiger partial charge < -0.3 is 10.4 Å². The quantitative estimate of drug-likeness (QED) is 0.865. The number of anilines is 1. The Balaban J connectivity index is 2.25. The number of hydrogen-bond acceptors (Lipinski definition) is 2. The molecule has 0 aliphatic heterocycles. The van der Waals surface area contributed by atoms with Gasteiger partial charge in [0.1, 0.15) is 5.82 Å². The van der Waals surface area contributed by atoms with Gasteiger partial charge in [0.25, 0.3) is 6.43 Å². The Hall–Kier alpha value is -2.01. The molecule has 1 atom stereocenters. The van der Waals surface area contributed by atoms with Crippen molar-refractivity contribution in [3.05, 3.63) is 65.0 Å². The van der Waals surface area contributed by atoms with E-state index in [1.54, 1.807) is 19.1 Å². The van der Waals surface area contributed by atoms with Crippen LogP contribution in [0.4, 0.5) is 18.9 Å². The minimum atomic E-state index is -2.57. The molecule has 112 valence electrons. The predicted molar refractivity (Wildman–Crippen MR) is 76.0 cm³/mol. The average molecular weight is 295 g/mol. The van der Waals surface area contributed by atoms with Crippen LogP contribution in [0.2, 0.25) is 0 Å². The Morgan fingerprint density at radius 2 is 1.81 bits per heavy atom. The standard InChI is InChI=1S/C16H16F3NO/c1-10-5-13(17)8-14(6-10)20-15(9-21)11-3-2-4-12(7-11)16(18)19/h2-8,15-16,20-21H,9H2,1H3. The number of aliphatic hydroxyl groups excluding tert-OH is 1. The maximum atomic E-state index is 13.4. The Kier molecular flexibility index (Phi) is 4.85. The normalized spacial score (nSPS) is 12.5. The van der Waals surface area contributed by atoms with Crippen LogP contribution >= 0.6 is 0 Å². The van der Waals surface area contributed by atoms with Gasteiger partial charge in [-0.05, 0) is 42.3 Å². The molecule has 0 amide bonds. The van der Waals surface area contributed by atoms with Crippen LogP contribution in [0.25, 0.3) is 0 Å². The maximum absolute atomic E-state index is 13.4. The molecule has 2 N–H and O–H groups in total. The monoisotopic (exact) mass is 295 g/mol. The van der Waals surface area contributed by atoms with Gasteiger partial charge in [0.15, 0.2) is 0 Å². The second-order valence-corrected chi connectivity index (χ2v) is 4.87. The van der Waals surface area contributed by atoms with Gasteiger partial charge >= 0.3 is 0 Å². The lowest BCUT2D eigenvalue weighted by atomic mass is 10.0. The predicted octanol–water partition coefficient (Wildman–Crippen LogP) is 4.22. The van der Waals surface area contributed by atoms with Crippen LogP contribution in [0.5, 0.6) is 0 Å². The Bertz CT molecular complexity index is 596. The first kappa shape index (κ1) is 15.4. The van der Waals surface area contributed by atoms with Gasteiger partial charge in [0.05, 0.1) is 12.6 Å². The van der Waals surface area contributed by atoms with Crippen molar-refractivity contribution in [1.29, 1.82) is 0 Å². The summed E-state index contributed by atoms with van der Waals surface area (Å²) in [7, 11) is 0. The summed E-state index contributed by atoms with van der Waals surface area (Å²) in [5.41, 5.74) is 1.64. The number of halogens is 3. The molecule has 0 bridgehead atoms. The highest BCUT2D eigenvalue weighted by molar-refractivity contribution is 5.48. The summed E-state index contributed by atoms with van der Waals surface area (Å²) in [6.07, 6.45) is -2.57. The number of aryl methyl sites for hydroxylation is 1. The first-order valence-corrected chi connectivity index (χ1v) is 6.52. The first-order valence-electron chi connectivity index (χ1n) is 6.52. The number of alkyl halides is 2. The van der Waals surface area contributed by atoms with Crippen LogP contribution in [-0.2, 0) is 0 Å². The van der Waals surface area contributed by atoms with Crippen LogP contribution in [0, 0.1) is 12.7 Å². The van der Waals surface area contributed by atoms with Gasteiger partial charge in [-0.25, -0.2) is 13.2 Å². The molecule has 2 rings (SSSR count). The number of hydrogen-bond donors (Lipinski definition) is 2. The molecule has 2 aromatic rings. The van der Waals surface area contributed by atoms with Crippen LogP contribution in [0.15, 0.2) is 42.5 Å². The van der Waals surface area contributed by atoms with Gasteiger partial charge in [-0.15, -0.1) is 0 Å². The molecule has 2 aromatic carbocycles. The maximum Gasteiger partial charge on any atom is 0.263 e. The van der Waals surface area contributed by atoms with E-state index in [1.165, 1.54) is 30.3 Å². The zero-order chi connectivity index (χ0) is 15.4. The van der Waals surface area contributed by atoms with Crippen LogP contribution in [0.3, 0.4) is 0 Å². The lowest BCUT2D eigenvalue weighted by Crippen LogP contribution is -2.15. The molecule has 2 nitrogen and oxygen atoms in total. The summed E-state index contributed by atoms with van der Waals surface area (Å²) < 4.78 is 38.8. The van der Waals surface area contributed by atoms with Crippen molar-refractivity contribution >= 4 is 5.69 Å². The van der Waals surface area contributed by atoms with Crippen molar-refractivity contribution < 1.29 is 18.3 Å². The van der Waals surface area contributed by atoms with E-state index in [4.69, 9.17) is 0 Å². The van der Waals surface area contributed by atoms with E-state index >= 15 is 0 Å². The summed E-state index contributed by atoms with van der Waals surface area (Å²) in [5.74, 6) is -0.393. The molecule has 0 fully saturated rings.